The molecular formula is C21H30N4O4S. The van der Waals surface area contributed by atoms with Crippen molar-refractivity contribution in [2.45, 2.75) is 64.3 Å². The number of likely N-dealkylation sites (tertiary alicyclic amines) is 1. The first-order valence-electron chi connectivity index (χ1n) is 10.8. The van der Waals surface area contributed by atoms with Crippen LogP contribution in [0.1, 0.15) is 56.2 Å². The van der Waals surface area contributed by atoms with Crippen molar-refractivity contribution in [1.29, 1.82) is 0 Å². The van der Waals surface area contributed by atoms with Crippen molar-refractivity contribution in [3.8, 4) is 0 Å². The predicted octanol–water partition coefficient (Wildman–Crippen LogP) is 2.82. The van der Waals surface area contributed by atoms with Gasteiger partial charge in [-0.15, -0.1) is 11.3 Å². The Labute approximate surface area is 180 Å². The molecule has 2 atom stereocenters. The van der Waals surface area contributed by atoms with Crippen LogP contribution in [0.25, 0.3) is 0 Å². The molecular weight excluding hydrogens is 404 g/mol. The number of nitrogens with one attached hydrogen (secondary N) is 1. The lowest BCUT2D eigenvalue weighted by Crippen LogP contribution is -2.48. The van der Waals surface area contributed by atoms with Crippen LogP contribution in [-0.2, 0) is 14.4 Å². The number of hydrogen-bond donors (Lipinski definition) is 2. The molecule has 4 rings (SSSR count). The summed E-state index contributed by atoms with van der Waals surface area (Å²) in [6, 6.07) is -0.529. The van der Waals surface area contributed by atoms with Gasteiger partial charge in [0.05, 0.1) is 12.5 Å². The van der Waals surface area contributed by atoms with Gasteiger partial charge in [-0.05, 0) is 43.9 Å². The molecule has 2 aliphatic carbocycles. The number of hydroxylamine groups is 2. The van der Waals surface area contributed by atoms with Gasteiger partial charge in [-0.1, -0.05) is 25.7 Å². The average molecular weight is 435 g/mol. The van der Waals surface area contributed by atoms with E-state index in [0.717, 1.165) is 43.4 Å². The van der Waals surface area contributed by atoms with Crippen molar-refractivity contribution in [3.63, 3.8) is 0 Å². The molecule has 1 saturated heterocycles. The number of carbonyl (C=O) groups is 3. The van der Waals surface area contributed by atoms with Crippen LogP contribution in [0.3, 0.4) is 0 Å². The van der Waals surface area contributed by atoms with E-state index in [9.17, 15) is 19.6 Å². The van der Waals surface area contributed by atoms with Gasteiger partial charge >= 0.3 is 0 Å². The third-order valence-corrected chi connectivity index (χ3v) is 7.70. The van der Waals surface area contributed by atoms with E-state index in [1.54, 1.807) is 11.1 Å². The molecule has 3 aliphatic rings. The van der Waals surface area contributed by atoms with E-state index in [1.807, 2.05) is 6.92 Å². The lowest BCUT2D eigenvalue weighted by Gasteiger charge is -2.30. The Morgan fingerprint density at radius 2 is 2.17 bits per heavy atom. The highest BCUT2D eigenvalue weighted by Gasteiger charge is 2.55. The highest BCUT2D eigenvalue weighted by Crippen LogP contribution is 2.55. The molecule has 1 aliphatic heterocycles. The number of anilines is 1. The molecule has 9 heteroatoms. The fourth-order valence-electron chi connectivity index (χ4n) is 5.07. The molecule has 1 spiro atoms. The van der Waals surface area contributed by atoms with Gasteiger partial charge in [0.2, 0.25) is 18.2 Å². The molecule has 0 bridgehead atoms. The first-order chi connectivity index (χ1) is 14.4. The van der Waals surface area contributed by atoms with Gasteiger partial charge in [-0.3, -0.25) is 19.6 Å². The fraction of sp³-hybridized carbons (Fsp3) is 0.714. The Hall–Kier alpha value is -2.00. The van der Waals surface area contributed by atoms with E-state index < -0.39 is 12.0 Å². The maximum atomic E-state index is 13.6. The summed E-state index contributed by atoms with van der Waals surface area (Å²) in [7, 11) is 0. The molecule has 0 radical (unpaired) electrons. The Morgan fingerprint density at radius 3 is 2.77 bits per heavy atom. The Balaban J connectivity index is 1.50. The molecule has 3 amide bonds. The number of hydrogen-bond acceptors (Lipinski definition) is 6. The van der Waals surface area contributed by atoms with Crippen LogP contribution in [0.15, 0.2) is 6.20 Å². The van der Waals surface area contributed by atoms with Crippen molar-refractivity contribution in [2.75, 3.05) is 18.4 Å². The number of aromatic nitrogens is 1. The van der Waals surface area contributed by atoms with Crippen molar-refractivity contribution in [2.24, 2.45) is 17.3 Å². The second-order valence-electron chi connectivity index (χ2n) is 9.26. The minimum absolute atomic E-state index is 0.0254. The van der Waals surface area contributed by atoms with E-state index >= 15 is 0 Å². The first-order valence-corrected chi connectivity index (χ1v) is 11.7. The molecule has 8 nitrogen and oxygen atoms in total. The average Bonchev–Trinajstić information content (AvgIpc) is 3.08. The molecule has 2 saturated carbocycles. The minimum atomic E-state index is -0.529. The van der Waals surface area contributed by atoms with Crippen molar-refractivity contribution >= 4 is 34.7 Å². The quantitative estimate of drug-likeness (QED) is 0.372. The summed E-state index contributed by atoms with van der Waals surface area (Å²) in [6.45, 7) is 2.48. The highest BCUT2D eigenvalue weighted by atomic mass is 32.1. The molecule has 1 aromatic heterocycles. The van der Waals surface area contributed by atoms with Gasteiger partial charge in [0.15, 0.2) is 5.13 Å². The van der Waals surface area contributed by atoms with Gasteiger partial charge in [0.25, 0.3) is 0 Å². The first kappa shape index (κ1) is 21.2. The molecule has 2 N–H and O–H groups in total. The van der Waals surface area contributed by atoms with Crippen molar-refractivity contribution < 1.29 is 19.6 Å². The Kier molecular flexibility index (Phi) is 6.11. The SMILES string of the molecule is Cc1cnc(NC(=O)[C@@H]2CC3(CC3)CN2C(=O)C(CC2CCCC2)CN(O)C=O)s1. The number of carbonyl (C=O) groups excluding carboxylic acids is 3. The van der Waals surface area contributed by atoms with Crippen LogP contribution in [0.4, 0.5) is 5.13 Å². The van der Waals surface area contributed by atoms with E-state index in [0.29, 0.717) is 41.9 Å². The lowest BCUT2D eigenvalue weighted by molar-refractivity contribution is -0.158. The van der Waals surface area contributed by atoms with Crippen LogP contribution in [0.2, 0.25) is 0 Å². The summed E-state index contributed by atoms with van der Waals surface area (Å²) in [4.78, 5) is 44.5. The smallest absolute Gasteiger partial charge is 0.248 e. The maximum absolute atomic E-state index is 13.6. The molecule has 164 valence electrons. The molecule has 30 heavy (non-hydrogen) atoms. The van der Waals surface area contributed by atoms with Gasteiger partial charge in [-0.25, -0.2) is 10.0 Å². The summed E-state index contributed by atoms with van der Waals surface area (Å²) in [5.41, 5.74) is 0.0535. The van der Waals surface area contributed by atoms with E-state index in [-0.39, 0.29) is 23.8 Å². The van der Waals surface area contributed by atoms with Crippen LogP contribution in [0.5, 0.6) is 0 Å². The van der Waals surface area contributed by atoms with Crippen LogP contribution >= 0.6 is 11.3 Å². The van der Waals surface area contributed by atoms with Crippen molar-refractivity contribution in [1.82, 2.24) is 14.9 Å². The summed E-state index contributed by atoms with van der Waals surface area (Å²) in [6.07, 6.45) is 9.91. The maximum Gasteiger partial charge on any atom is 0.248 e. The molecule has 2 heterocycles. The number of rotatable bonds is 8. The summed E-state index contributed by atoms with van der Waals surface area (Å²) in [5, 5.41) is 13.8. The number of nitrogens with zero attached hydrogens (tertiary/aromatic N) is 3. The zero-order chi connectivity index (χ0) is 21.3. The normalized spacial score (nSPS) is 23.5. The second kappa shape index (κ2) is 8.63. The predicted molar refractivity (Wildman–Crippen MR) is 112 cm³/mol. The monoisotopic (exact) mass is 434 g/mol. The van der Waals surface area contributed by atoms with Crippen LogP contribution < -0.4 is 5.32 Å². The van der Waals surface area contributed by atoms with E-state index in [1.165, 1.54) is 11.3 Å². The summed E-state index contributed by atoms with van der Waals surface area (Å²) < 4.78 is 0. The standard InChI is InChI=1S/C21H30N4O4S/c1-14-10-22-20(30-14)23-18(27)17-9-21(6-7-21)12-25(17)19(28)16(11-24(29)13-26)8-15-4-2-3-5-15/h10,13,15-17,29H,2-9,11-12H2,1H3,(H,22,23,27)/t16?,17-/m0/s1. The molecule has 3 fully saturated rings. The van der Waals surface area contributed by atoms with Crippen LogP contribution in [-0.4, -0.2) is 57.5 Å². The van der Waals surface area contributed by atoms with Gasteiger partial charge in [0.1, 0.15) is 6.04 Å². The molecule has 0 aromatic carbocycles. The van der Waals surface area contributed by atoms with Gasteiger partial charge in [0, 0.05) is 17.6 Å². The zero-order valence-corrected chi connectivity index (χ0v) is 18.2. The third-order valence-electron chi connectivity index (χ3n) is 6.87. The van der Waals surface area contributed by atoms with Crippen molar-refractivity contribution in [3.05, 3.63) is 11.1 Å². The summed E-state index contributed by atoms with van der Waals surface area (Å²) >= 11 is 1.41. The molecule has 1 aromatic rings. The van der Waals surface area contributed by atoms with Gasteiger partial charge < -0.3 is 10.2 Å². The minimum Gasteiger partial charge on any atom is -0.330 e. The number of thiazole rings is 1. The Bertz CT molecular complexity index is 803. The second-order valence-corrected chi connectivity index (χ2v) is 10.5. The fourth-order valence-corrected chi connectivity index (χ4v) is 5.74. The highest BCUT2D eigenvalue weighted by molar-refractivity contribution is 7.15. The largest absolute Gasteiger partial charge is 0.330 e. The molecule has 1 unspecified atom stereocenters. The number of amides is 3. The zero-order valence-electron chi connectivity index (χ0n) is 17.4. The van der Waals surface area contributed by atoms with Gasteiger partial charge in [-0.2, -0.15) is 0 Å². The topological polar surface area (TPSA) is 103 Å². The Morgan fingerprint density at radius 1 is 1.43 bits per heavy atom. The number of aryl methyl sites for hydroxylation is 1. The van der Waals surface area contributed by atoms with E-state index in [2.05, 4.69) is 10.3 Å². The summed E-state index contributed by atoms with van der Waals surface area (Å²) in [5.74, 6) is -0.379. The van der Waals surface area contributed by atoms with Crippen LogP contribution in [0, 0.1) is 24.2 Å². The third kappa shape index (κ3) is 4.67. The van der Waals surface area contributed by atoms with E-state index in [4.69, 9.17) is 0 Å². The lowest BCUT2D eigenvalue weighted by atomic mass is 9.91.